The summed E-state index contributed by atoms with van der Waals surface area (Å²) in [7, 11) is 0. The van der Waals surface area contributed by atoms with Gasteiger partial charge >= 0.3 is 12.4 Å². The normalized spacial score (nSPS) is 12.4. The van der Waals surface area contributed by atoms with Crippen molar-refractivity contribution in [3.8, 4) is 5.88 Å². The Labute approximate surface area is 158 Å². The lowest BCUT2D eigenvalue weighted by atomic mass is 10.0. The summed E-state index contributed by atoms with van der Waals surface area (Å²) in [5.74, 6) is -1.24. The Balaban J connectivity index is 2.52. The molecule has 2 aromatic rings. The number of halogens is 6. The molecule has 0 spiro atoms. The number of rotatable bonds is 6. The number of para-hydroxylation sites is 1. The van der Waals surface area contributed by atoms with Crippen molar-refractivity contribution in [1.82, 2.24) is 9.97 Å². The minimum Gasteiger partial charge on any atom is -0.467 e. The number of alkyl halides is 6. The van der Waals surface area contributed by atoms with Gasteiger partial charge in [-0.15, -0.1) is 0 Å². The van der Waals surface area contributed by atoms with E-state index in [-0.39, 0.29) is 18.4 Å². The maximum absolute atomic E-state index is 13.1. The second-order valence-electron chi connectivity index (χ2n) is 6.25. The summed E-state index contributed by atoms with van der Waals surface area (Å²) in [6.07, 6.45) is -9.32. The fourth-order valence-electron chi connectivity index (χ4n) is 2.58. The summed E-state index contributed by atoms with van der Waals surface area (Å²) < 4.78 is 81.0. The zero-order valence-corrected chi connectivity index (χ0v) is 15.4. The molecule has 0 radical (unpaired) electrons. The molecule has 28 heavy (non-hydrogen) atoms. The quantitative estimate of drug-likeness (QED) is 0.575. The number of ether oxygens (including phenoxy) is 1. The lowest BCUT2D eigenvalue weighted by molar-refractivity contribution is -0.159. The highest BCUT2D eigenvalue weighted by Crippen LogP contribution is 2.37. The smallest absolute Gasteiger partial charge is 0.423 e. The van der Waals surface area contributed by atoms with Crippen molar-refractivity contribution in [3.05, 3.63) is 41.6 Å². The minimum absolute atomic E-state index is 0.0978. The molecule has 0 unspecified atom stereocenters. The highest BCUT2D eigenvalue weighted by molar-refractivity contribution is 5.63. The van der Waals surface area contributed by atoms with Gasteiger partial charge in [0.25, 0.3) is 0 Å². The molecule has 0 saturated heterocycles. The van der Waals surface area contributed by atoms with Crippen molar-refractivity contribution in [2.75, 3.05) is 18.1 Å². The van der Waals surface area contributed by atoms with Crippen molar-refractivity contribution < 1.29 is 31.1 Å². The SMILES string of the molecule is CCN(c1ncc(C(F)(F)F)c(OCC(F)(F)F)n1)c1ccccc1C(C)C. The molecular weight excluding hydrogens is 388 g/mol. The van der Waals surface area contributed by atoms with E-state index in [1.54, 1.807) is 19.1 Å². The highest BCUT2D eigenvalue weighted by Gasteiger charge is 2.38. The molecule has 1 aromatic carbocycles. The standard InChI is InChI=1S/C18H19F6N3O/c1-4-27(14-8-6-5-7-12(14)11(2)3)16-25-9-13(18(22,23)24)15(26-16)28-10-17(19,20)21/h5-9,11H,4,10H2,1-3H3. The largest absolute Gasteiger partial charge is 0.467 e. The van der Waals surface area contributed by atoms with Gasteiger partial charge in [0.15, 0.2) is 6.61 Å². The number of benzene rings is 1. The van der Waals surface area contributed by atoms with Crippen molar-refractivity contribution >= 4 is 11.6 Å². The average Bonchev–Trinajstić information content (AvgIpc) is 2.59. The van der Waals surface area contributed by atoms with Crippen LogP contribution in [-0.2, 0) is 6.18 Å². The third-order valence-electron chi connectivity index (χ3n) is 3.83. The second kappa shape index (κ2) is 8.24. The number of anilines is 2. The molecule has 0 amide bonds. The van der Waals surface area contributed by atoms with Crippen LogP contribution < -0.4 is 9.64 Å². The molecule has 0 aliphatic carbocycles. The first-order valence-electron chi connectivity index (χ1n) is 8.44. The number of aromatic nitrogens is 2. The van der Waals surface area contributed by atoms with E-state index in [4.69, 9.17) is 0 Å². The van der Waals surface area contributed by atoms with E-state index in [2.05, 4.69) is 14.7 Å². The van der Waals surface area contributed by atoms with Gasteiger partial charge in [-0.2, -0.15) is 31.3 Å². The summed E-state index contributed by atoms with van der Waals surface area (Å²) in [5, 5.41) is 0. The predicted molar refractivity (Wildman–Crippen MR) is 91.8 cm³/mol. The van der Waals surface area contributed by atoms with Gasteiger partial charge in [0, 0.05) is 18.4 Å². The molecule has 0 N–H and O–H groups in total. The highest BCUT2D eigenvalue weighted by atomic mass is 19.4. The third-order valence-corrected chi connectivity index (χ3v) is 3.83. The van der Waals surface area contributed by atoms with Gasteiger partial charge in [0.2, 0.25) is 11.8 Å². The summed E-state index contributed by atoms with van der Waals surface area (Å²) in [4.78, 5) is 8.92. The van der Waals surface area contributed by atoms with Crippen LogP contribution in [0.4, 0.5) is 38.0 Å². The van der Waals surface area contributed by atoms with Crippen LogP contribution in [0.2, 0.25) is 0 Å². The molecule has 10 heteroatoms. The van der Waals surface area contributed by atoms with Gasteiger partial charge < -0.3 is 9.64 Å². The lowest BCUT2D eigenvalue weighted by Crippen LogP contribution is -2.24. The van der Waals surface area contributed by atoms with E-state index in [0.29, 0.717) is 11.9 Å². The average molecular weight is 407 g/mol. The monoisotopic (exact) mass is 407 g/mol. The molecule has 1 aromatic heterocycles. The summed E-state index contributed by atoms with van der Waals surface area (Å²) in [5.41, 5.74) is 0.0841. The Morgan fingerprint density at radius 3 is 2.25 bits per heavy atom. The Morgan fingerprint density at radius 1 is 1.07 bits per heavy atom. The zero-order valence-electron chi connectivity index (χ0n) is 15.4. The van der Waals surface area contributed by atoms with E-state index >= 15 is 0 Å². The number of nitrogens with zero attached hydrogens (tertiary/aromatic N) is 3. The number of hydrogen-bond donors (Lipinski definition) is 0. The van der Waals surface area contributed by atoms with Crippen molar-refractivity contribution in [1.29, 1.82) is 0 Å². The summed E-state index contributed by atoms with van der Waals surface area (Å²) in [6, 6.07) is 7.16. The summed E-state index contributed by atoms with van der Waals surface area (Å²) in [6.45, 7) is 4.01. The molecule has 0 fully saturated rings. The van der Waals surface area contributed by atoms with Crippen molar-refractivity contribution in [2.24, 2.45) is 0 Å². The lowest BCUT2D eigenvalue weighted by Gasteiger charge is -2.26. The first-order chi connectivity index (χ1) is 12.9. The van der Waals surface area contributed by atoms with E-state index < -0.39 is 30.4 Å². The van der Waals surface area contributed by atoms with E-state index in [0.717, 1.165) is 5.56 Å². The molecule has 0 aliphatic rings. The molecule has 0 bridgehead atoms. The minimum atomic E-state index is -4.95. The van der Waals surface area contributed by atoms with Crippen LogP contribution in [0.25, 0.3) is 0 Å². The topological polar surface area (TPSA) is 38.2 Å². The first-order valence-corrected chi connectivity index (χ1v) is 8.44. The molecule has 4 nitrogen and oxygen atoms in total. The van der Waals surface area contributed by atoms with Crippen LogP contribution >= 0.6 is 0 Å². The van der Waals surface area contributed by atoms with Crippen molar-refractivity contribution in [2.45, 2.75) is 39.0 Å². The zero-order chi connectivity index (χ0) is 21.1. The maximum atomic E-state index is 13.1. The van der Waals surface area contributed by atoms with Gasteiger partial charge in [-0.05, 0) is 24.5 Å². The molecule has 0 aliphatic heterocycles. The van der Waals surface area contributed by atoms with Crippen LogP contribution in [-0.4, -0.2) is 29.3 Å². The van der Waals surface area contributed by atoms with Gasteiger partial charge in [-0.3, -0.25) is 0 Å². The molecule has 2 rings (SSSR count). The molecule has 0 saturated carbocycles. The van der Waals surface area contributed by atoms with Gasteiger partial charge in [-0.25, -0.2) is 4.98 Å². The van der Waals surface area contributed by atoms with Crippen LogP contribution in [0.15, 0.2) is 30.5 Å². The molecule has 154 valence electrons. The van der Waals surface area contributed by atoms with Crippen LogP contribution in [0, 0.1) is 0 Å². The van der Waals surface area contributed by atoms with E-state index in [1.807, 2.05) is 26.0 Å². The summed E-state index contributed by atoms with van der Waals surface area (Å²) >= 11 is 0. The Bertz CT molecular complexity index is 805. The Hall–Kier alpha value is -2.52. The van der Waals surface area contributed by atoms with Gasteiger partial charge in [0.1, 0.15) is 5.56 Å². The maximum Gasteiger partial charge on any atom is 0.423 e. The van der Waals surface area contributed by atoms with Crippen LogP contribution in [0.1, 0.15) is 37.8 Å². The Kier molecular flexibility index (Phi) is 6.41. The molecule has 1 heterocycles. The third kappa shape index (κ3) is 5.26. The number of hydrogen-bond acceptors (Lipinski definition) is 4. The molecule has 0 atom stereocenters. The molecular formula is C18H19F6N3O. The van der Waals surface area contributed by atoms with E-state index in [1.165, 1.54) is 4.90 Å². The fourth-order valence-corrected chi connectivity index (χ4v) is 2.58. The van der Waals surface area contributed by atoms with Gasteiger partial charge in [-0.1, -0.05) is 32.0 Å². The fraction of sp³-hybridized carbons (Fsp3) is 0.444. The predicted octanol–water partition coefficient (Wildman–Crippen LogP) is 5.72. The first kappa shape index (κ1) is 21.8. The van der Waals surface area contributed by atoms with Crippen molar-refractivity contribution in [3.63, 3.8) is 0 Å². The Morgan fingerprint density at radius 2 is 1.71 bits per heavy atom. The second-order valence-corrected chi connectivity index (χ2v) is 6.25. The van der Waals surface area contributed by atoms with Gasteiger partial charge in [0.05, 0.1) is 0 Å². The van der Waals surface area contributed by atoms with Crippen LogP contribution in [0.5, 0.6) is 5.88 Å². The van der Waals surface area contributed by atoms with E-state index in [9.17, 15) is 26.3 Å². The van der Waals surface area contributed by atoms with Crippen LogP contribution in [0.3, 0.4) is 0 Å².